The number of carbonyl (C=O) groups is 2. The second-order valence-electron chi connectivity index (χ2n) is 12.4. The van der Waals surface area contributed by atoms with Crippen molar-refractivity contribution in [3.63, 3.8) is 0 Å². The number of methoxy groups -OCH3 is 1. The van der Waals surface area contributed by atoms with Crippen LogP contribution < -0.4 is 15.8 Å². The van der Waals surface area contributed by atoms with Gasteiger partial charge in [0.15, 0.2) is 5.82 Å². The highest BCUT2D eigenvalue weighted by Crippen LogP contribution is 2.45. The molecular formula is C29H32F6N8O4. The van der Waals surface area contributed by atoms with Gasteiger partial charge in [0.1, 0.15) is 23.6 Å². The van der Waals surface area contributed by atoms with Gasteiger partial charge in [-0.1, -0.05) is 0 Å². The Hall–Kier alpha value is -4.19. The zero-order chi connectivity index (χ0) is 34.1. The summed E-state index contributed by atoms with van der Waals surface area (Å²) in [6.07, 6.45) is -3.76. The average molecular weight is 671 g/mol. The molecule has 0 radical (unpaired) electrons. The van der Waals surface area contributed by atoms with Crippen LogP contribution in [0.1, 0.15) is 48.5 Å². The lowest BCUT2D eigenvalue weighted by atomic mass is 9.98. The lowest BCUT2D eigenvalue weighted by molar-refractivity contribution is -0.249. The van der Waals surface area contributed by atoms with Crippen LogP contribution >= 0.6 is 0 Å². The van der Waals surface area contributed by atoms with Crippen molar-refractivity contribution in [2.24, 2.45) is 0 Å². The van der Waals surface area contributed by atoms with Crippen molar-refractivity contribution >= 4 is 23.1 Å². The van der Waals surface area contributed by atoms with E-state index in [4.69, 9.17) is 10.5 Å². The normalized spacial score (nSPS) is 25.6. The number of nitrogens with zero attached hydrogens (tertiary/aromatic N) is 6. The van der Waals surface area contributed by atoms with Crippen molar-refractivity contribution in [1.29, 1.82) is 0 Å². The molecule has 1 unspecified atom stereocenters. The summed E-state index contributed by atoms with van der Waals surface area (Å²) >= 11 is 0. The van der Waals surface area contributed by atoms with Gasteiger partial charge >= 0.3 is 6.18 Å². The number of nitrogen functional groups attached to an aromatic ring is 1. The maximum absolute atomic E-state index is 14.9. The molecule has 18 heteroatoms. The summed E-state index contributed by atoms with van der Waals surface area (Å²) in [5.41, 5.74) is 4.25. The number of piperidine rings is 1. The van der Waals surface area contributed by atoms with Crippen LogP contribution in [0, 0.1) is 0 Å². The molecule has 4 N–H and O–H groups in total. The summed E-state index contributed by atoms with van der Waals surface area (Å²) in [6, 6.07) is 1.15. The third-order valence-electron chi connectivity index (χ3n) is 9.26. The van der Waals surface area contributed by atoms with Crippen molar-refractivity contribution in [3.05, 3.63) is 35.8 Å². The van der Waals surface area contributed by atoms with Gasteiger partial charge in [-0.05, 0) is 37.5 Å². The van der Waals surface area contributed by atoms with Crippen molar-refractivity contribution in [2.75, 3.05) is 25.9 Å². The van der Waals surface area contributed by atoms with Crippen LogP contribution in [0.15, 0.2) is 24.7 Å². The third kappa shape index (κ3) is 5.81. The fourth-order valence-electron chi connectivity index (χ4n) is 6.81. The van der Waals surface area contributed by atoms with Gasteiger partial charge in [0.05, 0.1) is 25.4 Å². The molecule has 0 saturated carbocycles. The summed E-state index contributed by atoms with van der Waals surface area (Å²) in [5, 5.41) is 16.5. The van der Waals surface area contributed by atoms with Gasteiger partial charge in [0.25, 0.3) is 17.7 Å². The molecule has 0 aromatic carbocycles. The topological polar surface area (TPSA) is 151 Å². The number of aromatic nitrogens is 4. The van der Waals surface area contributed by atoms with Gasteiger partial charge < -0.3 is 25.8 Å². The molecule has 12 nitrogen and oxygen atoms in total. The minimum atomic E-state index is -5.29. The van der Waals surface area contributed by atoms with E-state index in [0.717, 1.165) is 0 Å². The quantitative estimate of drug-likeness (QED) is 0.323. The minimum Gasteiger partial charge on any atom is -0.480 e. The Balaban J connectivity index is 1.27. The van der Waals surface area contributed by atoms with Crippen LogP contribution in [0.5, 0.6) is 5.88 Å². The molecule has 254 valence electrons. The maximum atomic E-state index is 14.9. The highest BCUT2D eigenvalue weighted by molar-refractivity contribution is 5.98. The number of rotatable bonds is 7. The number of aliphatic hydroxyl groups is 1. The molecule has 3 aliphatic heterocycles. The Bertz CT molecular complexity index is 1700. The molecule has 2 amide bonds. The van der Waals surface area contributed by atoms with Crippen LogP contribution in [-0.4, -0.2) is 108 Å². The zero-order valence-corrected chi connectivity index (χ0v) is 25.3. The highest BCUT2D eigenvalue weighted by atomic mass is 19.4. The number of nitrogens with one attached hydrogen (secondary N) is 1. The van der Waals surface area contributed by atoms with Gasteiger partial charge in [-0.3, -0.25) is 14.5 Å². The van der Waals surface area contributed by atoms with Gasteiger partial charge in [-0.2, -0.15) is 18.3 Å². The molecule has 0 spiro atoms. The molecule has 3 saturated heterocycles. The van der Waals surface area contributed by atoms with Crippen LogP contribution in [0.4, 0.5) is 32.2 Å². The van der Waals surface area contributed by atoms with Crippen molar-refractivity contribution < 1.29 is 45.8 Å². The summed E-state index contributed by atoms with van der Waals surface area (Å²) in [7, 11) is 1.25. The number of carbonyl (C=O) groups excluding carboxylic acids is 2. The van der Waals surface area contributed by atoms with Crippen LogP contribution in [-0.2, 0) is 11.3 Å². The number of amides is 2. The molecule has 3 aliphatic rings. The summed E-state index contributed by atoms with van der Waals surface area (Å²) in [4.78, 5) is 36.6. The standard InChI is InChI=1S/C29H32F6N8O4/c1-27(46,29(33,34)35)26(45)41-11-19(30)20(12-41)40-24(44)18-5-14(9-37-25(18)47-2)21-6-15(22-23(36)38-13-39-43(21)22)10-42-16-3-4-17(42)8-28(31,32)7-16/h5-6,9,13,16-17,19-20,46H,3-4,7-8,10-12H2,1-2H3,(H,40,44)(H2,36,38,39)/t16-,17+,19-,20+,27?/m0/s1. The number of ether oxygens (including phenoxy) is 1. The molecule has 5 atom stereocenters. The first-order chi connectivity index (χ1) is 22.0. The maximum Gasteiger partial charge on any atom is 0.426 e. The third-order valence-corrected chi connectivity index (χ3v) is 9.26. The smallest absolute Gasteiger partial charge is 0.426 e. The first kappa shape index (κ1) is 32.7. The lowest BCUT2D eigenvalue weighted by Crippen LogP contribution is -2.56. The van der Waals surface area contributed by atoms with Crippen LogP contribution in [0.2, 0.25) is 0 Å². The summed E-state index contributed by atoms with van der Waals surface area (Å²) < 4.78 is 89.7. The van der Waals surface area contributed by atoms with Gasteiger partial charge in [-0.15, -0.1) is 0 Å². The van der Waals surface area contributed by atoms with Crippen molar-refractivity contribution in [3.8, 4) is 17.1 Å². The fourth-order valence-corrected chi connectivity index (χ4v) is 6.81. The first-order valence-electron chi connectivity index (χ1n) is 14.8. The molecular weight excluding hydrogens is 638 g/mol. The van der Waals surface area contributed by atoms with E-state index in [1.54, 1.807) is 6.07 Å². The van der Waals surface area contributed by atoms with Crippen molar-refractivity contribution in [1.82, 2.24) is 34.7 Å². The number of nitrogens with two attached hydrogens (primary N) is 1. The highest BCUT2D eigenvalue weighted by Gasteiger charge is 2.58. The Kier molecular flexibility index (Phi) is 8.01. The molecule has 47 heavy (non-hydrogen) atoms. The number of likely N-dealkylation sites (tertiary alicyclic amines) is 1. The molecule has 3 fully saturated rings. The molecule has 6 rings (SSSR count). The molecule has 3 aromatic rings. The summed E-state index contributed by atoms with van der Waals surface area (Å²) in [6.45, 7) is -0.816. The Morgan fingerprint density at radius 2 is 1.83 bits per heavy atom. The van der Waals surface area contributed by atoms with E-state index in [1.807, 2.05) is 4.90 Å². The van der Waals surface area contributed by atoms with E-state index in [9.17, 15) is 41.0 Å². The molecule has 3 aromatic heterocycles. The zero-order valence-electron chi connectivity index (χ0n) is 25.3. The minimum absolute atomic E-state index is 0.145. The number of hydrogen-bond acceptors (Lipinski definition) is 9. The van der Waals surface area contributed by atoms with Crippen LogP contribution in [0.25, 0.3) is 16.8 Å². The Morgan fingerprint density at radius 3 is 2.47 bits per heavy atom. The van der Waals surface area contributed by atoms with E-state index < -0.39 is 54.8 Å². The Labute approximate surface area is 263 Å². The predicted molar refractivity (Wildman–Crippen MR) is 153 cm³/mol. The number of alkyl halides is 6. The second kappa shape index (κ2) is 11.5. The average Bonchev–Trinajstić information content (AvgIpc) is 3.63. The number of pyridine rings is 1. The van der Waals surface area contributed by atoms with Crippen molar-refractivity contribution in [2.45, 2.75) is 81.1 Å². The predicted octanol–water partition coefficient (Wildman–Crippen LogP) is 2.74. The number of halogens is 6. The SMILES string of the molecule is COc1ncc(-c2cc(CN3[C@@H]4CC[C@H]3CC(F)(F)C4)c3c(N)ncnn23)cc1C(=O)N[C@@H]1CN(C(=O)C(C)(O)C(F)(F)F)C[C@@H]1F. The van der Waals surface area contributed by atoms with E-state index >= 15 is 0 Å². The number of anilines is 1. The number of hydrogen-bond donors (Lipinski definition) is 3. The van der Waals surface area contributed by atoms with Crippen LogP contribution in [0.3, 0.4) is 0 Å². The van der Waals surface area contributed by atoms with Gasteiger partial charge in [0.2, 0.25) is 11.5 Å². The van der Waals surface area contributed by atoms with E-state index in [2.05, 4.69) is 20.4 Å². The molecule has 0 aliphatic carbocycles. The second-order valence-corrected chi connectivity index (χ2v) is 12.4. The van der Waals surface area contributed by atoms with E-state index in [0.29, 0.717) is 46.6 Å². The van der Waals surface area contributed by atoms with Gasteiger partial charge in [0, 0.05) is 49.8 Å². The van der Waals surface area contributed by atoms with E-state index in [-0.39, 0.29) is 49.1 Å². The fraction of sp³-hybridized carbons (Fsp3) is 0.552. The first-order valence-corrected chi connectivity index (χ1v) is 14.8. The molecule has 2 bridgehead atoms. The van der Waals surface area contributed by atoms with E-state index in [1.165, 1.54) is 30.2 Å². The lowest BCUT2D eigenvalue weighted by Gasteiger charge is -2.38. The Morgan fingerprint density at radius 1 is 1.15 bits per heavy atom. The number of fused-ring (bicyclic) bond motifs is 3. The largest absolute Gasteiger partial charge is 0.480 e. The summed E-state index contributed by atoms with van der Waals surface area (Å²) in [5.74, 6) is -5.35. The molecule has 6 heterocycles. The monoisotopic (exact) mass is 670 g/mol. The van der Waals surface area contributed by atoms with Gasteiger partial charge in [-0.25, -0.2) is 27.7 Å².